The Labute approximate surface area is 185 Å². The molecule has 4 rings (SSSR count). The number of halogens is 1. The maximum absolute atomic E-state index is 13.3. The van der Waals surface area contributed by atoms with E-state index in [-0.39, 0.29) is 18.2 Å². The highest BCUT2D eigenvalue weighted by Crippen LogP contribution is 2.38. The summed E-state index contributed by atoms with van der Waals surface area (Å²) in [5.74, 6) is -0.345. The summed E-state index contributed by atoms with van der Waals surface area (Å²) in [5.41, 5.74) is 3.16. The quantitative estimate of drug-likeness (QED) is 0.472. The number of carbonyl (C=O) groups is 2. The third-order valence-corrected chi connectivity index (χ3v) is 6.77. The second-order valence-electron chi connectivity index (χ2n) is 7.41. The number of anilines is 2. The smallest absolute Gasteiger partial charge is 0.258 e. The van der Waals surface area contributed by atoms with E-state index in [4.69, 9.17) is 11.6 Å². The Kier molecular flexibility index (Phi) is 6.50. The Bertz CT molecular complexity index is 1060. The fraction of sp³-hybridized carbons (Fsp3) is 0.250. The second-order valence-corrected chi connectivity index (χ2v) is 8.93. The SMILES string of the molecule is O=C(Cc1ccccc1)Nc1sc2c(c1C(=O)Nc1ccccc1Cl)CCCCC2. The normalized spacial score (nSPS) is 13.2. The molecule has 0 aliphatic heterocycles. The Morgan fingerprint density at radius 3 is 2.43 bits per heavy atom. The van der Waals surface area contributed by atoms with Crippen molar-refractivity contribution in [1.29, 1.82) is 0 Å². The zero-order valence-corrected chi connectivity index (χ0v) is 18.1. The predicted octanol–water partition coefficient (Wildman–Crippen LogP) is 6.10. The van der Waals surface area contributed by atoms with Crippen molar-refractivity contribution in [3.8, 4) is 0 Å². The molecule has 3 aromatic rings. The molecule has 30 heavy (non-hydrogen) atoms. The molecule has 0 saturated heterocycles. The Hall–Kier alpha value is -2.63. The molecule has 0 atom stereocenters. The Balaban J connectivity index is 1.62. The minimum absolute atomic E-state index is 0.121. The van der Waals surface area contributed by atoms with Gasteiger partial charge in [-0.25, -0.2) is 0 Å². The summed E-state index contributed by atoms with van der Waals surface area (Å²) in [6.07, 6.45) is 5.38. The lowest BCUT2D eigenvalue weighted by atomic mass is 10.0. The maximum atomic E-state index is 13.3. The molecule has 2 aromatic carbocycles. The highest BCUT2D eigenvalue weighted by molar-refractivity contribution is 7.17. The van der Waals surface area contributed by atoms with Gasteiger partial charge in [-0.05, 0) is 48.9 Å². The molecule has 0 fully saturated rings. The molecule has 0 radical (unpaired) electrons. The number of carbonyl (C=O) groups excluding carboxylic acids is 2. The lowest BCUT2D eigenvalue weighted by Gasteiger charge is -2.11. The number of amides is 2. The van der Waals surface area contributed by atoms with Crippen LogP contribution in [0, 0.1) is 0 Å². The van der Waals surface area contributed by atoms with Gasteiger partial charge in [-0.2, -0.15) is 0 Å². The molecule has 0 saturated carbocycles. The van der Waals surface area contributed by atoms with Crippen LogP contribution in [0.15, 0.2) is 54.6 Å². The first-order chi connectivity index (χ1) is 14.6. The molecule has 154 valence electrons. The minimum atomic E-state index is -0.225. The fourth-order valence-electron chi connectivity index (χ4n) is 3.77. The summed E-state index contributed by atoms with van der Waals surface area (Å²) in [6.45, 7) is 0. The molecule has 0 spiro atoms. The van der Waals surface area contributed by atoms with Gasteiger partial charge in [0.1, 0.15) is 5.00 Å². The average Bonchev–Trinajstić information content (AvgIpc) is 2.90. The maximum Gasteiger partial charge on any atom is 0.258 e. The highest BCUT2D eigenvalue weighted by Gasteiger charge is 2.26. The van der Waals surface area contributed by atoms with E-state index in [1.165, 1.54) is 16.2 Å². The van der Waals surface area contributed by atoms with E-state index in [1.54, 1.807) is 12.1 Å². The number of nitrogens with one attached hydrogen (secondary N) is 2. The van der Waals surface area contributed by atoms with Crippen molar-refractivity contribution in [2.75, 3.05) is 10.6 Å². The number of fused-ring (bicyclic) bond motifs is 1. The zero-order chi connectivity index (χ0) is 20.9. The summed E-state index contributed by atoms with van der Waals surface area (Å²) >= 11 is 7.76. The molecular formula is C24H23ClN2O2S. The first-order valence-corrected chi connectivity index (χ1v) is 11.4. The molecule has 1 aromatic heterocycles. The number of rotatable bonds is 5. The van der Waals surface area contributed by atoms with Gasteiger partial charge < -0.3 is 10.6 Å². The van der Waals surface area contributed by atoms with Crippen molar-refractivity contribution in [1.82, 2.24) is 0 Å². The van der Waals surface area contributed by atoms with Gasteiger partial charge in [0.05, 0.1) is 22.7 Å². The van der Waals surface area contributed by atoms with Crippen LogP contribution in [-0.4, -0.2) is 11.8 Å². The number of thiophene rings is 1. The van der Waals surface area contributed by atoms with Crippen LogP contribution in [0.5, 0.6) is 0 Å². The summed E-state index contributed by atoms with van der Waals surface area (Å²) in [6, 6.07) is 16.8. The lowest BCUT2D eigenvalue weighted by molar-refractivity contribution is -0.115. The molecule has 1 heterocycles. The standard InChI is InChI=1S/C24H23ClN2O2S/c25-18-12-7-8-13-19(18)26-23(29)22-17-11-5-2-6-14-20(17)30-24(22)27-21(28)15-16-9-3-1-4-10-16/h1,3-4,7-10,12-13H,2,5-6,11,14-15H2,(H,26,29)(H,27,28). The van der Waals surface area contributed by atoms with Crippen LogP contribution in [0.25, 0.3) is 0 Å². The van der Waals surface area contributed by atoms with E-state index in [9.17, 15) is 9.59 Å². The van der Waals surface area contributed by atoms with Crippen LogP contribution < -0.4 is 10.6 Å². The van der Waals surface area contributed by atoms with Crippen LogP contribution in [0.1, 0.15) is 45.6 Å². The molecule has 0 unspecified atom stereocenters. The molecular weight excluding hydrogens is 416 g/mol. The van der Waals surface area contributed by atoms with E-state index in [2.05, 4.69) is 10.6 Å². The zero-order valence-electron chi connectivity index (χ0n) is 16.5. The summed E-state index contributed by atoms with van der Waals surface area (Å²) in [7, 11) is 0. The third-order valence-electron chi connectivity index (χ3n) is 5.23. The predicted molar refractivity (Wildman–Crippen MR) is 124 cm³/mol. The van der Waals surface area contributed by atoms with Crippen LogP contribution in [0.2, 0.25) is 5.02 Å². The van der Waals surface area contributed by atoms with Crippen LogP contribution >= 0.6 is 22.9 Å². The van der Waals surface area contributed by atoms with Crippen molar-refractivity contribution in [3.05, 3.63) is 81.2 Å². The average molecular weight is 439 g/mol. The number of hydrogen-bond donors (Lipinski definition) is 2. The van der Waals surface area contributed by atoms with Gasteiger partial charge in [0, 0.05) is 4.88 Å². The van der Waals surface area contributed by atoms with Gasteiger partial charge >= 0.3 is 0 Å². The summed E-state index contributed by atoms with van der Waals surface area (Å²) in [4.78, 5) is 27.2. The van der Waals surface area contributed by atoms with Gasteiger partial charge in [-0.1, -0.05) is 60.5 Å². The molecule has 2 N–H and O–H groups in total. The van der Waals surface area contributed by atoms with Gasteiger partial charge in [-0.15, -0.1) is 11.3 Å². The number of benzene rings is 2. The van der Waals surface area contributed by atoms with Gasteiger partial charge in [0.15, 0.2) is 0 Å². The number of para-hydroxylation sites is 1. The monoisotopic (exact) mass is 438 g/mol. The molecule has 6 heteroatoms. The third kappa shape index (κ3) is 4.74. The van der Waals surface area contributed by atoms with Crippen molar-refractivity contribution < 1.29 is 9.59 Å². The molecule has 1 aliphatic rings. The van der Waals surface area contributed by atoms with E-state index in [0.29, 0.717) is 21.3 Å². The molecule has 2 amide bonds. The molecule has 1 aliphatic carbocycles. The van der Waals surface area contributed by atoms with E-state index >= 15 is 0 Å². The van der Waals surface area contributed by atoms with Crippen LogP contribution in [0.3, 0.4) is 0 Å². The first-order valence-electron chi connectivity index (χ1n) is 10.2. The van der Waals surface area contributed by atoms with Crippen molar-refractivity contribution in [3.63, 3.8) is 0 Å². The number of hydrogen-bond acceptors (Lipinski definition) is 3. The summed E-state index contributed by atoms with van der Waals surface area (Å²) < 4.78 is 0. The molecule has 0 bridgehead atoms. The minimum Gasteiger partial charge on any atom is -0.321 e. The fourth-order valence-corrected chi connectivity index (χ4v) is 5.26. The van der Waals surface area contributed by atoms with Crippen molar-refractivity contribution in [2.45, 2.75) is 38.5 Å². The first kappa shape index (κ1) is 20.6. The van der Waals surface area contributed by atoms with Crippen LogP contribution in [0.4, 0.5) is 10.7 Å². The van der Waals surface area contributed by atoms with E-state index < -0.39 is 0 Å². The van der Waals surface area contributed by atoms with Crippen molar-refractivity contribution >= 4 is 45.4 Å². The van der Waals surface area contributed by atoms with Crippen molar-refractivity contribution in [2.24, 2.45) is 0 Å². The largest absolute Gasteiger partial charge is 0.321 e. The topological polar surface area (TPSA) is 58.2 Å². The highest BCUT2D eigenvalue weighted by atomic mass is 35.5. The van der Waals surface area contributed by atoms with Gasteiger partial charge in [0.25, 0.3) is 5.91 Å². The Morgan fingerprint density at radius 1 is 0.900 bits per heavy atom. The van der Waals surface area contributed by atoms with E-state index in [1.807, 2.05) is 42.5 Å². The second kappa shape index (κ2) is 9.45. The molecule has 4 nitrogen and oxygen atoms in total. The summed E-state index contributed by atoms with van der Waals surface area (Å²) in [5, 5.41) is 7.05. The van der Waals surface area contributed by atoms with Gasteiger partial charge in [0.2, 0.25) is 5.91 Å². The van der Waals surface area contributed by atoms with E-state index in [0.717, 1.165) is 43.2 Å². The number of aryl methyl sites for hydroxylation is 1. The van der Waals surface area contributed by atoms with Crippen LogP contribution in [-0.2, 0) is 24.1 Å². The lowest BCUT2D eigenvalue weighted by Crippen LogP contribution is -2.19. The van der Waals surface area contributed by atoms with Gasteiger partial charge in [-0.3, -0.25) is 9.59 Å². The Morgan fingerprint density at radius 2 is 1.63 bits per heavy atom.